The van der Waals surface area contributed by atoms with Gasteiger partial charge >= 0.3 is 12.0 Å². The SMILES string of the molecule is CCCCNS(=O)(=O)c1cccc(NC(=O)N2CCC(C(=O)O)C2)c1. The number of carboxylic acids is 1. The first kappa shape index (κ1) is 19.2. The standard InChI is InChI=1S/C16H23N3O5S/c1-2-3-8-17-25(23,24)14-6-4-5-13(10-14)18-16(22)19-9-7-12(11-19)15(20)21/h4-6,10,12,17H,2-3,7-9,11H2,1H3,(H,18,22)(H,20,21). The summed E-state index contributed by atoms with van der Waals surface area (Å²) in [6, 6.07) is 5.55. The summed E-state index contributed by atoms with van der Waals surface area (Å²) in [4.78, 5) is 24.7. The summed E-state index contributed by atoms with van der Waals surface area (Å²) in [7, 11) is -3.62. The summed E-state index contributed by atoms with van der Waals surface area (Å²) in [5.74, 6) is -1.47. The van der Waals surface area contributed by atoms with Gasteiger partial charge in [0.15, 0.2) is 0 Å². The molecule has 0 aromatic heterocycles. The second-order valence-corrected chi connectivity index (χ2v) is 7.75. The maximum atomic E-state index is 12.2. The third kappa shape index (κ3) is 5.17. The molecule has 0 bridgehead atoms. The molecule has 1 fully saturated rings. The van der Waals surface area contributed by atoms with Crippen molar-refractivity contribution in [2.24, 2.45) is 5.92 Å². The van der Waals surface area contributed by atoms with Crippen molar-refractivity contribution >= 4 is 27.7 Å². The molecule has 8 nitrogen and oxygen atoms in total. The summed E-state index contributed by atoms with van der Waals surface area (Å²) >= 11 is 0. The molecule has 1 heterocycles. The van der Waals surface area contributed by atoms with E-state index in [0.717, 1.165) is 12.8 Å². The number of likely N-dealkylation sites (tertiary alicyclic amines) is 1. The largest absolute Gasteiger partial charge is 0.481 e. The van der Waals surface area contributed by atoms with Crippen LogP contribution in [0.25, 0.3) is 0 Å². The van der Waals surface area contributed by atoms with Gasteiger partial charge in [0.05, 0.1) is 10.8 Å². The smallest absolute Gasteiger partial charge is 0.321 e. The van der Waals surface area contributed by atoms with Crippen LogP contribution in [-0.2, 0) is 14.8 Å². The predicted molar refractivity (Wildman–Crippen MR) is 92.9 cm³/mol. The lowest BCUT2D eigenvalue weighted by Gasteiger charge is -2.17. The van der Waals surface area contributed by atoms with Gasteiger partial charge in [-0.1, -0.05) is 19.4 Å². The molecule has 1 aliphatic heterocycles. The molecule has 1 aromatic rings. The van der Waals surface area contributed by atoms with Crippen LogP contribution in [0.2, 0.25) is 0 Å². The Balaban J connectivity index is 2.02. The Bertz CT molecular complexity index is 735. The molecule has 0 aliphatic carbocycles. The number of carbonyl (C=O) groups is 2. The number of nitrogens with one attached hydrogen (secondary N) is 2. The van der Waals surface area contributed by atoms with Gasteiger partial charge < -0.3 is 15.3 Å². The fourth-order valence-electron chi connectivity index (χ4n) is 2.56. The number of amides is 2. The fourth-order valence-corrected chi connectivity index (χ4v) is 3.68. The maximum Gasteiger partial charge on any atom is 0.321 e. The van der Waals surface area contributed by atoms with E-state index in [-0.39, 0.29) is 11.4 Å². The highest BCUT2D eigenvalue weighted by molar-refractivity contribution is 7.89. The molecule has 1 saturated heterocycles. The number of carbonyl (C=O) groups excluding carboxylic acids is 1. The first-order valence-electron chi connectivity index (χ1n) is 8.22. The van der Waals surface area contributed by atoms with Crippen molar-refractivity contribution in [3.63, 3.8) is 0 Å². The molecule has 1 unspecified atom stereocenters. The van der Waals surface area contributed by atoms with Crippen LogP contribution in [0.1, 0.15) is 26.2 Å². The van der Waals surface area contributed by atoms with Crippen LogP contribution < -0.4 is 10.0 Å². The third-order valence-corrected chi connectivity index (χ3v) is 5.50. The van der Waals surface area contributed by atoms with Crippen LogP contribution in [0.3, 0.4) is 0 Å². The molecule has 9 heteroatoms. The van der Waals surface area contributed by atoms with E-state index in [2.05, 4.69) is 10.0 Å². The Morgan fingerprint density at radius 3 is 2.76 bits per heavy atom. The third-order valence-electron chi connectivity index (χ3n) is 4.04. The number of unbranched alkanes of at least 4 members (excludes halogenated alkanes) is 1. The first-order chi connectivity index (χ1) is 11.8. The van der Waals surface area contributed by atoms with Gasteiger partial charge in [-0.05, 0) is 31.0 Å². The number of urea groups is 1. The van der Waals surface area contributed by atoms with E-state index in [1.807, 2.05) is 6.92 Å². The van der Waals surface area contributed by atoms with E-state index in [1.54, 1.807) is 12.1 Å². The molecule has 0 radical (unpaired) electrons. The van der Waals surface area contributed by atoms with Gasteiger partial charge in [0.25, 0.3) is 0 Å². The van der Waals surface area contributed by atoms with Crippen LogP contribution in [0.15, 0.2) is 29.2 Å². The van der Waals surface area contributed by atoms with E-state index >= 15 is 0 Å². The van der Waals surface area contributed by atoms with Gasteiger partial charge in [-0.3, -0.25) is 4.79 Å². The summed E-state index contributed by atoms with van der Waals surface area (Å²) in [6.07, 6.45) is 2.04. The number of hydrogen-bond donors (Lipinski definition) is 3. The van der Waals surface area contributed by atoms with Gasteiger partial charge in [-0.25, -0.2) is 17.9 Å². The Kier molecular flexibility index (Phi) is 6.38. The molecule has 1 aliphatic rings. The maximum absolute atomic E-state index is 12.2. The van der Waals surface area contributed by atoms with Crippen molar-refractivity contribution < 1.29 is 23.1 Å². The highest BCUT2D eigenvalue weighted by atomic mass is 32.2. The molecule has 0 saturated carbocycles. The van der Waals surface area contributed by atoms with Crippen molar-refractivity contribution in [3.05, 3.63) is 24.3 Å². The van der Waals surface area contributed by atoms with E-state index in [4.69, 9.17) is 5.11 Å². The zero-order valence-electron chi connectivity index (χ0n) is 14.1. The van der Waals surface area contributed by atoms with Crippen molar-refractivity contribution in [1.82, 2.24) is 9.62 Å². The van der Waals surface area contributed by atoms with Crippen LogP contribution in [0, 0.1) is 5.92 Å². The number of hydrogen-bond acceptors (Lipinski definition) is 4. The average Bonchev–Trinajstić information content (AvgIpc) is 3.06. The van der Waals surface area contributed by atoms with E-state index in [0.29, 0.717) is 25.2 Å². The topological polar surface area (TPSA) is 116 Å². The number of rotatable bonds is 7. The average molecular weight is 369 g/mol. The quantitative estimate of drug-likeness (QED) is 0.633. The summed E-state index contributed by atoms with van der Waals surface area (Å²) in [6.45, 7) is 2.84. The van der Waals surface area contributed by atoms with Gasteiger partial charge in [0.2, 0.25) is 10.0 Å². The minimum Gasteiger partial charge on any atom is -0.481 e. The van der Waals surface area contributed by atoms with Gasteiger partial charge in [0, 0.05) is 25.3 Å². The Morgan fingerprint density at radius 2 is 2.12 bits per heavy atom. The molecule has 1 aromatic carbocycles. The lowest BCUT2D eigenvalue weighted by atomic mass is 10.1. The molecule has 138 valence electrons. The van der Waals surface area contributed by atoms with E-state index < -0.39 is 27.9 Å². The minimum absolute atomic E-state index is 0.0752. The monoisotopic (exact) mass is 369 g/mol. The second kappa shape index (κ2) is 8.30. The summed E-state index contributed by atoms with van der Waals surface area (Å²) in [5, 5.41) is 11.6. The number of aliphatic carboxylic acids is 1. The molecule has 2 amide bonds. The lowest BCUT2D eigenvalue weighted by molar-refractivity contribution is -0.141. The predicted octanol–water partition coefficient (Wildman–Crippen LogP) is 1.70. The van der Waals surface area contributed by atoms with Crippen molar-refractivity contribution in [1.29, 1.82) is 0 Å². The van der Waals surface area contributed by atoms with Crippen LogP contribution in [0.5, 0.6) is 0 Å². The Labute approximate surface area is 147 Å². The molecule has 3 N–H and O–H groups in total. The molecular formula is C16H23N3O5S. The molecular weight excluding hydrogens is 346 g/mol. The van der Waals surface area contributed by atoms with Crippen molar-refractivity contribution in [3.8, 4) is 0 Å². The number of anilines is 1. The zero-order valence-corrected chi connectivity index (χ0v) is 14.9. The molecule has 1 atom stereocenters. The van der Waals surface area contributed by atoms with Crippen molar-refractivity contribution in [2.75, 3.05) is 25.0 Å². The van der Waals surface area contributed by atoms with Crippen LogP contribution in [0.4, 0.5) is 10.5 Å². The summed E-state index contributed by atoms with van der Waals surface area (Å²) < 4.78 is 27.0. The van der Waals surface area contributed by atoms with Gasteiger partial charge in [-0.15, -0.1) is 0 Å². The first-order valence-corrected chi connectivity index (χ1v) is 9.70. The number of sulfonamides is 1. The highest BCUT2D eigenvalue weighted by Gasteiger charge is 2.30. The molecule has 0 spiro atoms. The Morgan fingerprint density at radius 1 is 1.36 bits per heavy atom. The zero-order chi connectivity index (χ0) is 18.4. The van der Waals surface area contributed by atoms with E-state index in [9.17, 15) is 18.0 Å². The highest BCUT2D eigenvalue weighted by Crippen LogP contribution is 2.19. The molecule has 25 heavy (non-hydrogen) atoms. The van der Waals surface area contributed by atoms with Gasteiger partial charge in [-0.2, -0.15) is 0 Å². The van der Waals surface area contributed by atoms with Crippen LogP contribution in [-0.4, -0.2) is 50.1 Å². The van der Waals surface area contributed by atoms with Gasteiger partial charge in [0.1, 0.15) is 0 Å². The molecule has 2 rings (SSSR count). The summed E-state index contributed by atoms with van der Waals surface area (Å²) in [5.41, 5.74) is 0.349. The van der Waals surface area contributed by atoms with Crippen molar-refractivity contribution in [2.45, 2.75) is 31.1 Å². The lowest BCUT2D eigenvalue weighted by Crippen LogP contribution is -2.33. The Hall–Kier alpha value is -2.13. The van der Waals surface area contributed by atoms with E-state index in [1.165, 1.54) is 17.0 Å². The number of carboxylic acid groups (broad SMARTS) is 1. The normalized spacial score (nSPS) is 17.5. The fraction of sp³-hybridized carbons (Fsp3) is 0.500. The second-order valence-electron chi connectivity index (χ2n) is 5.98. The minimum atomic E-state index is -3.62. The number of benzene rings is 1. The number of nitrogens with zero attached hydrogens (tertiary/aromatic N) is 1. The van der Waals surface area contributed by atoms with Crippen LogP contribution >= 0.6 is 0 Å².